The van der Waals surface area contributed by atoms with Crippen LogP contribution in [-0.4, -0.2) is 20.8 Å². The number of aromatic nitrogens is 3. The second-order valence-electron chi connectivity index (χ2n) is 5.34. The average Bonchev–Trinajstić information content (AvgIpc) is 3.08. The summed E-state index contributed by atoms with van der Waals surface area (Å²) in [7, 11) is 1.76. The standard InChI is InChI=1S/C15H16BrN3O/c1-19-12(14(16)17-18-19)13(20)15(9-5-6-10-15)11-7-3-2-4-8-11/h2-4,7-8H,5-6,9-10H2,1H3. The lowest BCUT2D eigenvalue weighted by atomic mass is 9.74. The lowest BCUT2D eigenvalue weighted by Gasteiger charge is -2.27. The molecule has 2 aromatic rings. The molecule has 1 saturated carbocycles. The van der Waals surface area contributed by atoms with Crippen LogP contribution >= 0.6 is 15.9 Å². The van der Waals surface area contributed by atoms with Crippen LogP contribution in [0.25, 0.3) is 0 Å². The minimum absolute atomic E-state index is 0.126. The molecule has 104 valence electrons. The number of carbonyl (C=O) groups excluding carboxylic acids is 1. The van der Waals surface area contributed by atoms with E-state index in [1.807, 2.05) is 18.2 Å². The first kappa shape index (κ1) is 13.5. The number of ketones is 1. The van der Waals surface area contributed by atoms with E-state index in [1.54, 1.807) is 11.7 Å². The first-order valence-corrected chi connectivity index (χ1v) is 7.60. The van der Waals surface area contributed by atoms with E-state index in [9.17, 15) is 4.79 Å². The van der Waals surface area contributed by atoms with Crippen LogP contribution in [0.1, 0.15) is 41.7 Å². The van der Waals surface area contributed by atoms with Crippen LogP contribution in [0.15, 0.2) is 34.9 Å². The lowest BCUT2D eigenvalue weighted by molar-refractivity contribution is 0.0875. The summed E-state index contributed by atoms with van der Waals surface area (Å²) in [6.45, 7) is 0. The van der Waals surface area contributed by atoms with Gasteiger partial charge in [-0.2, -0.15) is 0 Å². The highest BCUT2D eigenvalue weighted by Gasteiger charge is 2.44. The maximum atomic E-state index is 13.1. The van der Waals surface area contributed by atoms with E-state index in [-0.39, 0.29) is 5.78 Å². The van der Waals surface area contributed by atoms with Gasteiger partial charge < -0.3 is 0 Å². The highest BCUT2D eigenvalue weighted by Crippen LogP contribution is 2.44. The van der Waals surface area contributed by atoms with Gasteiger partial charge in [0.05, 0.1) is 5.41 Å². The fourth-order valence-corrected chi connectivity index (χ4v) is 3.69. The molecular formula is C15H16BrN3O. The lowest BCUT2D eigenvalue weighted by Crippen LogP contribution is -2.34. The summed E-state index contributed by atoms with van der Waals surface area (Å²) in [5.74, 6) is 0.126. The SMILES string of the molecule is Cn1nnc(Br)c1C(=O)C1(c2ccccc2)CCCC1. The Labute approximate surface area is 126 Å². The smallest absolute Gasteiger partial charge is 0.194 e. The van der Waals surface area contributed by atoms with Crippen molar-refractivity contribution >= 4 is 21.7 Å². The number of carbonyl (C=O) groups is 1. The van der Waals surface area contributed by atoms with Crippen LogP contribution in [0.2, 0.25) is 0 Å². The predicted molar refractivity (Wildman–Crippen MR) is 79.6 cm³/mol. The molecule has 0 unspecified atom stereocenters. The first-order chi connectivity index (χ1) is 9.65. The third kappa shape index (κ3) is 2.00. The molecule has 0 saturated heterocycles. The Bertz CT molecular complexity index is 610. The Hall–Kier alpha value is -1.49. The first-order valence-electron chi connectivity index (χ1n) is 6.81. The highest BCUT2D eigenvalue weighted by atomic mass is 79.9. The number of nitrogens with zero attached hydrogens (tertiary/aromatic N) is 3. The summed E-state index contributed by atoms with van der Waals surface area (Å²) in [5.41, 5.74) is 1.26. The zero-order chi connectivity index (χ0) is 14.2. The maximum absolute atomic E-state index is 13.1. The molecule has 0 amide bonds. The Morgan fingerprint density at radius 3 is 2.45 bits per heavy atom. The molecule has 0 spiro atoms. The van der Waals surface area contributed by atoms with Crippen LogP contribution in [0, 0.1) is 0 Å². The Morgan fingerprint density at radius 2 is 1.90 bits per heavy atom. The van der Waals surface area contributed by atoms with Crippen molar-refractivity contribution in [3.63, 3.8) is 0 Å². The summed E-state index contributed by atoms with van der Waals surface area (Å²) < 4.78 is 2.10. The second-order valence-corrected chi connectivity index (χ2v) is 6.09. The van der Waals surface area contributed by atoms with E-state index < -0.39 is 5.41 Å². The van der Waals surface area contributed by atoms with Crippen LogP contribution in [0.4, 0.5) is 0 Å². The number of halogens is 1. The molecule has 1 heterocycles. The van der Waals surface area contributed by atoms with Crippen molar-refractivity contribution in [1.29, 1.82) is 0 Å². The monoisotopic (exact) mass is 333 g/mol. The summed E-state index contributed by atoms with van der Waals surface area (Å²) in [6, 6.07) is 10.1. The van der Waals surface area contributed by atoms with E-state index >= 15 is 0 Å². The van der Waals surface area contributed by atoms with Gasteiger partial charge >= 0.3 is 0 Å². The molecule has 20 heavy (non-hydrogen) atoms. The molecule has 5 heteroatoms. The fourth-order valence-electron chi connectivity index (χ4n) is 3.18. The number of hydrogen-bond acceptors (Lipinski definition) is 3. The molecule has 1 aliphatic rings. The van der Waals surface area contributed by atoms with E-state index in [1.165, 1.54) is 0 Å². The van der Waals surface area contributed by atoms with Crippen molar-refractivity contribution in [3.05, 3.63) is 46.2 Å². The summed E-state index contributed by atoms with van der Waals surface area (Å²) in [6.07, 6.45) is 3.97. The van der Waals surface area contributed by atoms with E-state index in [0.29, 0.717) is 10.3 Å². The minimum atomic E-state index is -0.417. The van der Waals surface area contributed by atoms with Gasteiger partial charge in [-0.3, -0.25) is 4.79 Å². The van der Waals surface area contributed by atoms with Gasteiger partial charge in [0, 0.05) is 7.05 Å². The number of Topliss-reactive ketones (excluding diaryl/α,β-unsaturated/α-hetero) is 1. The average molecular weight is 334 g/mol. The molecule has 0 radical (unpaired) electrons. The van der Waals surface area contributed by atoms with Gasteiger partial charge in [-0.1, -0.05) is 48.4 Å². The van der Waals surface area contributed by atoms with Gasteiger partial charge in [0.2, 0.25) is 0 Å². The number of rotatable bonds is 3. The molecule has 3 rings (SSSR count). The molecule has 0 aliphatic heterocycles. The van der Waals surface area contributed by atoms with Crippen molar-refractivity contribution in [2.24, 2.45) is 7.05 Å². The molecule has 1 fully saturated rings. The van der Waals surface area contributed by atoms with Crippen LogP contribution < -0.4 is 0 Å². The zero-order valence-electron chi connectivity index (χ0n) is 11.3. The van der Waals surface area contributed by atoms with Crippen LogP contribution in [0.5, 0.6) is 0 Å². The topological polar surface area (TPSA) is 47.8 Å². The molecule has 4 nitrogen and oxygen atoms in total. The van der Waals surface area contributed by atoms with Crippen molar-refractivity contribution in [2.45, 2.75) is 31.1 Å². The quantitative estimate of drug-likeness (QED) is 0.810. The van der Waals surface area contributed by atoms with Gasteiger partial charge in [-0.15, -0.1) is 5.10 Å². The Kier molecular flexibility index (Phi) is 3.46. The Morgan fingerprint density at radius 1 is 1.25 bits per heavy atom. The second kappa shape index (κ2) is 5.13. The van der Waals surface area contributed by atoms with Crippen molar-refractivity contribution in [3.8, 4) is 0 Å². The third-order valence-corrected chi connectivity index (χ3v) is 4.75. The van der Waals surface area contributed by atoms with Crippen molar-refractivity contribution in [1.82, 2.24) is 15.0 Å². The summed E-state index contributed by atoms with van der Waals surface area (Å²) in [4.78, 5) is 13.1. The molecular weight excluding hydrogens is 318 g/mol. The predicted octanol–water partition coefficient (Wildman–Crippen LogP) is 3.27. The van der Waals surface area contributed by atoms with E-state index in [2.05, 4.69) is 38.4 Å². The normalized spacial score (nSPS) is 17.3. The minimum Gasteiger partial charge on any atom is -0.291 e. The summed E-state index contributed by atoms with van der Waals surface area (Å²) >= 11 is 3.35. The van der Waals surface area contributed by atoms with Gasteiger partial charge in [0.25, 0.3) is 0 Å². The summed E-state index contributed by atoms with van der Waals surface area (Å²) in [5, 5.41) is 7.87. The highest BCUT2D eigenvalue weighted by molar-refractivity contribution is 9.10. The van der Waals surface area contributed by atoms with Crippen LogP contribution in [-0.2, 0) is 12.5 Å². The number of aryl methyl sites for hydroxylation is 1. The molecule has 1 aliphatic carbocycles. The van der Waals surface area contributed by atoms with Crippen LogP contribution in [0.3, 0.4) is 0 Å². The molecule has 1 aromatic heterocycles. The molecule has 0 N–H and O–H groups in total. The Balaban J connectivity index is 2.11. The fraction of sp³-hybridized carbons (Fsp3) is 0.400. The molecule has 1 aromatic carbocycles. The largest absolute Gasteiger partial charge is 0.291 e. The number of benzene rings is 1. The van der Waals surface area contributed by atoms with Crippen molar-refractivity contribution < 1.29 is 4.79 Å². The van der Waals surface area contributed by atoms with Crippen molar-refractivity contribution in [2.75, 3.05) is 0 Å². The number of hydrogen-bond donors (Lipinski definition) is 0. The zero-order valence-corrected chi connectivity index (χ0v) is 12.9. The maximum Gasteiger partial charge on any atom is 0.194 e. The van der Waals surface area contributed by atoms with E-state index in [4.69, 9.17) is 0 Å². The van der Waals surface area contributed by atoms with E-state index in [0.717, 1.165) is 31.2 Å². The third-order valence-electron chi connectivity index (χ3n) is 4.22. The molecule has 0 bridgehead atoms. The van der Waals surface area contributed by atoms with Gasteiger partial charge in [0.15, 0.2) is 10.4 Å². The molecule has 0 atom stereocenters. The van der Waals surface area contributed by atoms with Gasteiger partial charge in [0.1, 0.15) is 5.69 Å². The van der Waals surface area contributed by atoms with Gasteiger partial charge in [-0.05, 0) is 34.3 Å². The van der Waals surface area contributed by atoms with Gasteiger partial charge in [-0.25, -0.2) is 4.68 Å².